The molecule has 2 fully saturated rings. The first-order chi connectivity index (χ1) is 11.2. The van der Waals surface area contributed by atoms with Crippen molar-refractivity contribution in [3.63, 3.8) is 0 Å². The topological polar surface area (TPSA) is 105 Å². The highest BCUT2D eigenvalue weighted by Gasteiger charge is 2.45. The second-order valence-electron chi connectivity index (χ2n) is 7.36. The number of likely N-dealkylation sites (tertiary alicyclic amines) is 1. The molecule has 2 aliphatic rings. The third-order valence-corrected chi connectivity index (χ3v) is 5.87. The van der Waals surface area contributed by atoms with Gasteiger partial charge in [-0.05, 0) is 38.5 Å². The molecule has 138 valence electrons. The van der Waals surface area contributed by atoms with Crippen LogP contribution in [0.5, 0.6) is 0 Å². The Morgan fingerprint density at radius 1 is 1.42 bits per heavy atom. The molecule has 0 aromatic heterocycles. The van der Waals surface area contributed by atoms with Gasteiger partial charge < -0.3 is 16.0 Å². The number of sulfone groups is 1. The highest BCUT2D eigenvalue weighted by atomic mass is 32.2. The first-order valence-corrected chi connectivity index (χ1v) is 10.8. The molecule has 1 atom stereocenters. The Labute approximate surface area is 145 Å². The molecule has 1 heterocycles. The number of carbonyl (C=O) groups excluding carboxylic acids is 1. The van der Waals surface area contributed by atoms with E-state index in [4.69, 9.17) is 10.7 Å². The van der Waals surface area contributed by atoms with Gasteiger partial charge >= 0.3 is 0 Å². The molecule has 0 aromatic rings. The monoisotopic (exact) mass is 358 g/mol. The number of carbonyl (C=O) groups is 1. The summed E-state index contributed by atoms with van der Waals surface area (Å²) in [6.45, 7) is 4.99. The molecule has 0 radical (unpaired) electrons. The van der Waals surface area contributed by atoms with Crippen LogP contribution in [-0.4, -0.2) is 63.4 Å². The number of nitrogens with one attached hydrogen (secondary N) is 1. The van der Waals surface area contributed by atoms with Crippen LogP contribution < -0.4 is 11.1 Å². The fraction of sp³-hybridized carbons (Fsp3) is 0.875. The predicted molar refractivity (Wildman–Crippen MR) is 95.5 cm³/mol. The Kier molecular flexibility index (Phi) is 6.11. The van der Waals surface area contributed by atoms with Crippen molar-refractivity contribution in [1.29, 1.82) is 0 Å². The fourth-order valence-electron chi connectivity index (χ4n) is 3.46. The second-order valence-corrected chi connectivity index (χ2v) is 9.51. The van der Waals surface area contributed by atoms with Gasteiger partial charge in [-0.3, -0.25) is 9.79 Å². The van der Waals surface area contributed by atoms with Crippen LogP contribution in [0.15, 0.2) is 4.99 Å². The molecule has 1 aliphatic carbocycles. The molecule has 0 spiro atoms. The van der Waals surface area contributed by atoms with Crippen LogP contribution in [0.25, 0.3) is 0 Å². The zero-order valence-electron chi connectivity index (χ0n) is 14.8. The van der Waals surface area contributed by atoms with Crippen molar-refractivity contribution in [3.05, 3.63) is 0 Å². The fourth-order valence-corrected chi connectivity index (χ4v) is 4.95. The maximum Gasteiger partial charge on any atom is 0.217 e. The summed E-state index contributed by atoms with van der Waals surface area (Å²) >= 11 is 0. The average molecular weight is 359 g/mol. The van der Waals surface area contributed by atoms with Crippen LogP contribution in [0.4, 0.5) is 0 Å². The SMILES string of the molecule is CCNC(=NCC1(CS(C)(=O)=O)CC1)N1CCCC(CC(N)=O)C1. The van der Waals surface area contributed by atoms with E-state index in [1.54, 1.807) is 0 Å². The smallest absolute Gasteiger partial charge is 0.217 e. The first-order valence-electron chi connectivity index (χ1n) is 8.72. The summed E-state index contributed by atoms with van der Waals surface area (Å²) in [5.74, 6) is 1.05. The number of nitrogens with zero attached hydrogens (tertiary/aromatic N) is 2. The van der Waals surface area contributed by atoms with Crippen LogP contribution in [0, 0.1) is 11.3 Å². The standard InChI is InChI=1S/C16H30N4O3S/c1-3-18-15(19-11-16(6-7-16)12-24(2,22)23)20-8-4-5-13(10-20)9-14(17)21/h13H,3-12H2,1-2H3,(H2,17,21)(H,18,19). The summed E-state index contributed by atoms with van der Waals surface area (Å²) in [5.41, 5.74) is 5.16. The van der Waals surface area contributed by atoms with E-state index in [-0.39, 0.29) is 23.0 Å². The number of nitrogens with two attached hydrogens (primary N) is 1. The molecule has 1 unspecified atom stereocenters. The molecule has 2 rings (SSSR count). The molecule has 3 N–H and O–H groups in total. The van der Waals surface area contributed by atoms with E-state index in [9.17, 15) is 13.2 Å². The normalized spacial score (nSPS) is 23.8. The first kappa shape index (κ1) is 19.0. The molecular formula is C16H30N4O3S. The van der Waals surface area contributed by atoms with Crippen molar-refractivity contribution in [2.45, 2.75) is 39.0 Å². The lowest BCUT2D eigenvalue weighted by Gasteiger charge is -2.35. The van der Waals surface area contributed by atoms with Gasteiger partial charge in [0.1, 0.15) is 9.84 Å². The third kappa shape index (κ3) is 5.96. The zero-order valence-corrected chi connectivity index (χ0v) is 15.6. The average Bonchev–Trinajstić information content (AvgIpc) is 3.20. The molecule has 7 nitrogen and oxygen atoms in total. The Bertz CT molecular complexity index is 584. The van der Waals surface area contributed by atoms with Gasteiger partial charge in [-0.25, -0.2) is 8.42 Å². The third-order valence-electron chi connectivity index (χ3n) is 4.73. The molecule has 1 saturated heterocycles. The van der Waals surface area contributed by atoms with Gasteiger partial charge in [0.25, 0.3) is 0 Å². The van der Waals surface area contributed by atoms with Gasteiger partial charge in [-0.2, -0.15) is 0 Å². The molecular weight excluding hydrogens is 328 g/mol. The summed E-state index contributed by atoms with van der Waals surface area (Å²) in [7, 11) is -2.98. The van der Waals surface area contributed by atoms with E-state index in [2.05, 4.69) is 10.2 Å². The molecule has 24 heavy (non-hydrogen) atoms. The number of hydrogen-bond donors (Lipinski definition) is 2. The lowest BCUT2D eigenvalue weighted by molar-refractivity contribution is -0.119. The Morgan fingerprint density at radius 3 is 2.67 bits per heavy atom. The largest absolute Gasteiger partial charge is 0.370 e. The van der Waals surface area contributed by atoms with Crippen molar-refractivity contribution in [2.24, 2.45) is 22.1 Å². The van der Waals surface area contributed by atoms with Crippen molar-refractivity contribution >= 4 is 21.7 Å². The van der Waals surface area contributed by atoms with E-state index in [1.165, 1.54) is 6.26 Å². The van der Waals surface area contributed by atoms with Gasteiger partial charge in [0.05, 0.1) is 5.75 Å². The van der Waals surface area contributed by atoms with Crippen molar-refractivity contribution < 1.29 is 13.2 Å². The zero-order chi connectivity index (χ0) is 17.8. The van der Waals surface area contributed by atoms with E-state index in [0.717, 1.165) is 51.3 Å². The second kappa shape index (κ2) is 7.72. The Hall–Kier alpha value is -1.31. The van der Waals surface area contributed by atoms with Gasteiger partial charge in [0, 0.05) is 44.3 Å². The van der Waals surface area contributed by atoms with Gasteiger partial charge in [0.15, 0.2) is 5.96 Å². The molecule has 1 saturated carbocycles. The molecule has 8 heteroatoms. The van der Waals surface area contributed by atoms with Crippen LogP contribution in [0.3, 0.4) is 0 Å². The minimum absolute atomic E-state index is 0.170. The summed E-state index contributed by atoms with van der Waals surface area (Å²) in [6.07, 6.45) is 5.57. The lowest BCUT2D eigenvalue weighted by atomic mass is 9.95. The van der Waals surface area contributed by atoms with Gasteiger partial charge in [0.2, 0.25) is 5.91 Å². The number of hydrogen-bond acceptors (Lipinski definition) is 4. The molecule has 0 bridgehead atoms. The Morgan fingerprint density at radius 2 is 2.12 bits per heavy atom. The Balaban J connectivity index is 2.01. The minimum atomic E-state index is -2.98. The van der Waals surface area contributed by atoms with Crippen molar-refractivity contribution in [3.8, 4) is 0 Å². The summed E-state index contributed by atoms with van der Waals surface area (Å²) in [4.78, 5) is 18.1. The number of primary amides is 1. The maximum absolute atomic E-state index is 11.6. The van der Waals surface area contributed by atoms with Crippen LogP contribution in [-0.2, 0) is 14.6 Å². The van der Waals surface area contributed by atoms with Crippen LogP contribution >= 0.6 is 0 Å². The number of rotatable bonds is 7. The number of piperidine rings is 1. The van der Waals surface area contributed by atoms with E-state index < -0.39 is 9.84 Å². The van der Waals surface area contributed by atoms with Crippen LogP contribution in [0.2, 0.25) is 0 Å². The van der Waals surface area contributed by atoms with E-state index in [0.29, 0.717) is 13.0 Å². The summed E-state index contributed by atoms with van der Waals surface area (Å²) in [6, 6.07) is 0. The highest BCUT2D eigenvalue weighted by Crippen LogP contribution is 2.47. The summed E-state index contributed by atoms with van der Waals surface area (Å²) in [5, 5.41) is 3.30. The van der Waals surface area contributed by atoms with E-state index in [1.807, 2.05) is 6.92 Å². The summed E-state index contributed by atoms with van der Waals surface area (Å²) < 4.78 is 23.2. The van der Waals surface area contributed by atoms with Gasteiger partial charge in [-0.1, -0.05) is 0 Å². The quantitative estimate of drug-likeness (QED) is 0.505. The lowest BCUT2D eigenvalue weighted by Crippen LogP contribution is -2.47. The van der Waals surface area contributed by atoms with Crippen LogP contribution in [0.1, 0.15) is 39.0 Å². The molecule has 1 amide bonds. The maximum atomic E-state index is 11.6. The number of aliphatic imine (C=N–C) groups is 1. The molecule has 1 aliphatic heterocycles. The van der Waals surface area contributed by atoms with Gasteiger partial charge in [-0.15, -0.1) is 0 Å². The number of guanidine groups is 1. The number of amides is 1. The van der Waals surface area contributed by atoms with E-state index >= 15 is 0 Å². The van der Waals surface area contributed by atoms with Crippen molar-refractivity contribution in [2.75, 3.05) is 38.2 Å². The molecule has 0 aromatic carbocycles. The minimum Gasteiger partial charge on any atom is -0.370 e. The van der Waals surface area contributed by atoms with Crippen molar-refractivity contribution in [1.82, 2.24) is 10.2 Å². The predicted octanol–water partition coefficient (Wildman–Crippen LogP) is 0.364. The highest BCUT2D eigenvalue weighted by molar-refractivity contribution is 7.90.